The Kier molecular flexibility index (Phi) is 4.52. The van der Waals surface area contributed by atoms with Gasteiger partial charge >= 0.3 is 0 Å². The maximum atomic E-state index is 10.6. The van der Waals surface area contributed by atoms with Crippen LogP contribution in [0.4, 0.5) is 0 Å². The molecule has 0 radical (unpaired) electrons. The standard InChI is InChI=1S/C18H21ClO/c1-11-8-12(2)14(4)18(13(11)3)17(20)10-15-6-5-7-16(19)9-15/h5-9,17,20H,10H2,1-4H3. The van der Waals surface area contributed by atoms with Crippen LogP contribution in [0.15, 0.2) is 30.3 Å². The number of hydrogen-bond acceptors (Lipinski definition) is 1. The molecule has 0 aliphatic carbocycles. The van der Waals surface area contributed by atoms with E-state index in [2.05, 4.69) is 33.8 Å². The molecule has 0 amide bonds. The lowest BCUT2D eigenvalue weighted by atomic mass is 9.88. The van der Waals surface area contributed by atoms with Crippen LogP contribution >= 0.6 is 11.6 Å². The van der Waals surface area contributed by atoms with Gasteiger partial charge in [-0.3, -0.25) is 0 Å². The molecule has 106 valence electrons. The Labute approximate surface area is 126 Å². The second kappa shape index (κ2) is 5.99. The molecule has 0 saturated carbocycles. The minimum absolute atomic E-state index is 0.493. The van der Waals surface area contributed by atoms with Crippen molar-refractivity contribution in [1.82, 2.24) is 0 Å². The van der Waals surface area contributed by atoms with Crippen LogP contribution in [-0.4, -0.2) is 5.11 Å². The van der Waals surface area contributed by atoms with Crippen LogP contribution in [0.2, 0.25) is 5.02 Å². The van der Waals surface area contributed by atoms with E-state index in [1.165, 1.54) is 22.3 Å². The SMILES string of the molecule is Cc1cc(C)c(C)c(C(O)Cc2cccc(Cl)c2)c1C. The molecule has 0 aliphatic rings. The van der Waals surface area contributed by atoms with Crippen molar-refractivity contribution in [3.05, 3.63) is 68.7 Å². The maximum Gasteiger partial charge on any atom is 0.0835 e. The van der Waals surface area contributed by atoms with Gasteiger partial charge in [0.25, 0.3) is 0 Å². The highest BCUT2D eigenvalue weighted by Gasteiger charge is 2.17. The van der Waals surface area contributed by atoms with Crippen LogP contribution in [0.3, 0.4) is 0 Å². The third-order valence-electron chi connectivity index (χ3n) is 4.08. The number of rotatable bonds is 3. The quantitative estimate of drug-likeness (QED) is 0.856. The second-order valence-electron chi connectivity index (χ2n) is 5.52. The van der Waals surface area contributed by atoms with Crippen molar-refractivity contribution in [3.63, 3.8) is 0 Å². The summed E-state index contributed by atoms with van der Waals surface area (Å²) in [6.07, 6.45) is 0.0950. The van der Waals surface area contributed by atoms with E-state index in [1.54, 1.807) is 0 Å². The Balaban J connectivity index is 2.37. The summed E-state index contributed by atoms with van der Waals surface area (Å²) in [5.74, 6) is 0. The third-order valence-corrected chi connectivity index (χ3v) is 4.31. The van der Waals surface area contributed by atoms with Crippen molar-refractivity contribution in [2.75, 3.05) is 0 Å². The molecule has 1 nitrogen and oxygen atoms in total. The van der Waals surface area contributed by atoms with Gasteiger partial charge < -0.3 is 5.11 Å². The van der Waals surface area contributed by atoms with Gasteiger partial charge in [-0.05, 0) is 73.2 Å². The fourth-order valence-electron chi connectivity index (χ4n) is 2.74. The molecule has 1 N–H and O–H groups in total. The van der Waals surface area contributed by atoms with Gasteiger partial charge in [-0.25, -0.2) is 0 Å². The highest BCUT2D eigenvalue weighted by molar-refractivity contribution is 6.30. The van der Waals surface area contributed by atoms with Crippen molar-refractivity contribution in [2.45, 2.75) is 40.2 Å². The zero-order chi connectivity index (χ0) is 14.9. The Morgan fingerprint density at radius 3 is 2.15 bits per heavy atom. The molecule has 2 aromatic rings. The van der Waals surface area contributed by atoms with Gasteiger partial charge in [0.05, 0.1) is 6.10 Å². The molecule has 0 aromatic heterocycles. The molecule has 2 rings (SSSR count). The molecule has 1 atom stereocenters. The van der Waals surface area contributed by atoms with Crippen LogP contribution < -0.4 is 0 Å². The van der Waals surface area contributed by atoms with Crippen LogP contribution in [0.5, 0.6) is 0 Å². The zero-order valence-corrected chi connectivity index (χ0v) is 13.3. The third kappa shape index (κ3) is 3.05. The number of halogens is 1. The first-order valence-corrected chi connectivity index (χ1v) is 7.27. The van der Waals surface area contributed by atoms with E-state index in [0.717, 1.165) is 11.1 Å². The van der Waals surface area contributed by atoms with Crippen molar-refractivity contribution < 1.29 is 5.11 Å². The topological polar surface area (TPSA) is 20.2 Å². The average Bonchev–Trinajstić information content (AvgIpc) is 2.36. The largest absolute Gasteiger partial charge is 0.388 e. The van der Waals surface area contributed by atoms with Crippen molar-refractivity contribution in [1.29, 1.82) is 0 Å². The van der Waals surface area contributed by atoms with Gasteiger partial charge in [-0.2, -0.15) is 0 Å². The summed E-state index contributed by atoms with van der Waals surface area (Å²) in [4.78, 5) is 0. The molecule has 0 bridgehead atoms. The van der Waals surface area contributed by atoms with E-state index < -0.39 is 6.10 Å². The first kappa shape index (κ1) is 15.1. The van der Waals surface area contributed by atoms with Crippen LogP contribution in [-0.2, 0) is 6.42 Å². The first-order chi connectivity index (χ1) is 9.40. The molecular weight excluding hydrogens is 268 g/mol. The molecular formula is C18H21ClO. The van der Waals surface area contributed by atoms with Crippen molar-refractivity contribution >= 4 is 11.6 Å². The molecule has 20 heavy (non-hydrogen) atoms. The van der Waals surface area contributed by atoms with E-state index in [4.69, 9.17) is 11.6 Å². The van der Waals surface area contributed by atoms with Gasteiger partial charge in [-0.1, -0.05) is 29.8 Å². The summed E-state index contributed by atoms with van der Waals surface area (Å²) in [5.41, 5.74) is 6.94. The highest BCUT2D eigenvalue weighted by Crippen LogP contribution is 2.29. The molecule has 0 aliphatic heterocycles. The molecule has 0 fully saturated rings. The van der Waals surface area contributed by atoms with Gasteiger partial charge in [0.1, 0.15) is 0 Å². The number of hydrogen-bond donors (Lipinski definition) is 1. The normalized spacial score (nSPS) is 12.5. The fraction of sp³-hybridized carbons (Fsp3) is 0.333. The minimum atomic E-state index is -0.493. The number of aryl methyl sites for hydroxylation is 2. The molecule has 0 heterocycles. The number of benzene rings is 2. The molecule has 0 spiro atoms. The van der Waals surface area contributed by atoms with E-state index in [-0.39, 0.29) is 0 Å². The summed E-state index contributed by atoms with van der Waals surface area (Å²) >= 11 is 6.01. The highest BCUT2D eigenvalue weighted by atomic mass is 35.5. The van der Waals surface area contributed by atoms with Crippen LogP contribution in [0.25, 0.3) is 0 Å². The van der Waals surface area contributed by atoms with Crippen LogP contribution in [0, 0.1) is 27.7 Å². The van der Waals surface area contributed by atoms with E-state index >= 15 is 0 Å². The predicted octanol–water partition coefficient (Wildman–Crippen LogP) is 4.85. The van der Waals surface area contributed by atoms with E-state index in [1.807, 2.05) is 24.3 Å². The lowest BCUT2D eigenvalue weighted by Crippen LogP contribution is -2.08. The number of aliphatic hydroxyl groups is 1. The maximum absolute atomic E-state index is 10.6. The summed E-state index contributed by atoms with van der Waals surface area (Å²) in [5, 5.41) is 11.3. The van der Waals surface area contributed by atoms with Crippen molar-refractivity contribution in [3.8, 4) is 0 Å². The zero-order valence-electron chi connectivity index (χ0n) is 12.5. The van der Waals surface area contributed by atoms with E-state index in [9.17, 15) is 5.11 Å². The monoisotopic (exact) mass is 288 g/mol. The Morgan fingerprint density at radius 2 is 1.60 bits per heavy atom. The smallest absolute Gasteiger partial charge is 0.0835 e. The van der Waals surface area contributed by atoms with Gasteiger partial charge in [0, 0.05) is 11.4 Å². The lowest BCUT2D eigenvalue weighted by molar-refractivity contribution is 0.177. The van der Waals surface area contributed by atoms with Gasteiger partial charge in [0.2, 0.25) is 0 Å². The number of aliphatic hydroxyl groups excluding tert-OH is 1. The van der Waals surface area contributed by atoms with E-state index in [0.29, 0.717) is 11.4 Å². The summed E-state index contributed by atoms with van der Waals surface area (Å²) in [6, 6.07) is 9.87. The predicted molar refractivity (Wildman–Crippen MR) is 85.5 cm³/mol. The summed E-state index contributed by atoms with van der Waals surface area (Å²) in [6.45, 7) is 8.35. The Morgan fingerprint density at radius 1 is 1.00 bits per heavy atom. The minimum Gasteiger partial charge on any atom is -0.388 e. The Hall–Kier alpha value is -1.31. The lowest BCUT2D eigenvalue weighted by Gasteiger charge is -2.20. The van der Waals surface area contributed by atoms with Crippen molar-refractivity contribution in [2.24, 2.45) is 0 Å². The molecule has 2 aromatic carbocycles. The van der Waals surface area contributed by atoms with Crippen LogP contribution in [0.1, 0.15) is 39.5 Å². The average molecular weight is 289 g/mol. The molecule has 0 saturated heterocycles. The molecule has 2 heteroatoms. The van der Waals surface area contributed by atoms with Gasteiger partial charge in [-0.15, -0.1) is 0 Å². The Bertz CT molecular complexity index is 605. The van der Waals surface area contributed by atoms with Gasteiger partial charge in [0.15, 0.2) is 0 Å². The summed E-state index contributed by atoms with van der Waals surface area (Å²) < 4.78 is 0. The molecule has 1 unspecified atom stereocenters. The second-order valence-corrected chi connectivity index (χ2v) is 5.96. The fourth-order valence-corrected chi connectivity index (χ4v) is 2.95. The first-order valence-electron chi connectivity index (χ1n) is 6.90. The summed E-state index contributed by atoms with van der Waals surface area (Å²) in [7, 11) is 0.